The lowest BCUT2D eigenvalue weighted by molar-refractivity contribution is -0.134. The Morgan fingerprint density at radius 2 is 1.82 bits per heavy atom. The van der Waals surface area contributed by atoms with Crippen LogP contribution in [0.4, 0.5) is 5.69 Å². The van der Waals surface area contributed by atoms with Crippen molar-refractivity contribution in [3.05, 3.63) is 58.1 Å². The Morgan fingerprint density at radius 1 is 1.14 bits per heavy atom. The molecule has 2 rings (SSSR count). The van der Waals surface area contributed by atoms with E-state index in [0.717, 1.165) is 4.47 Å². The second kappa shape index (κ2) is 7.22. The van der Waals surface area contributed by atoms with Gasteiger partial charge >= 0.3 is 5.97 Å². The van der Waals surface area contributed by atoms with E-state index >= 15 is 0 Å². The first-order chi connectivity index (χ1) is 10.5. The van der Waals surface area contributed by atoms with Crippen LogP contribution in [0.15, 0.2) is 46.9 Å². The predicted octanol–water partition coefficient (Wildman–Crippen LogP) is 3.97. The lowest BCUT2D eigenvalue weighted by atomic mass is 10.0. The van der Waals surface area contributed by atoms with Gasteiger partial charge in [-0.2, -0.15) is 0 Å². The lowest BCUT2D eigenvalue weighted by Crippen LogP contribution is -2.11. The molecule has 2 aromatic carbocycles. The zero-order chi connectivity index (χ0) is 16.1. The van der Waals surface area contributed by atoms with Gasteiger partial charge < -0.3 is 10.5 Å². The Morgan fingerprint density at radius 3 is 2.45 bits per heavy atom. The normalized spacial score (nSPS) is 10.3. The molecule has 5 heteroatoms. The van der Waals surface area contributed by atoms with E-state index in [4.69, 9.17) is 10.5 Å². The summed E-state index contributed by atoms with van der Waals surface area (Å²) < 4.78 is 6.10. The number of ketones is 1. The van der Waals surface area contributed by atoms with Gasteiger partial charge in [0.15, 0.2) is 11.5 Å². The minimum absolute atomic E-state index is 0.180. The van der Waals surface area contributed by atoms with E-state index in [1.54, 1.807) is 42.5 Å². The van der Waals surface area contributed by atoms with E-state index in [1.165, 1.54) is 0 Å². The van der Waals surface area contributed by atoms with Gasteiger partial charge in [-0.25, -0.2) is 0 Å². The molecule has 0 aromatic heterocycles. The summed E-state index contributed by atoms with van der Waals surface area (Å²) in [5.74, 6) is -0.345. The summed E-state index contributed by atoms with van der Waals surface area (Å²) in [7, 11) is 0. The molecule has 0 atom stereocenters. The van der Waals surface area contributed by atoms with Crippen LogP contribution in [0.25, 0.3) is 0 Å². The van der Waals surface area contributed by atoms with Gasteiger partial charge in [0.2, 0.25) is 0 Å². The molecular weight excluding hydrogens is 346 g/mol. The van der Waals surface area contributed by atoms with Crippen LogP contribution in [0.5, 0.6) is 5.75 Å². The molecule has 0 radical (unpaired) electrons. The minimum atomic E-state index is -0.359. The molecule has 0 aliphatic carbocycles. The average molecular weight is 362 g/mol. The number of esters is 1. The number of ether oxygens (including phenoxy) is 1. The quantitative estimate of drug-likeness (QED) is 0.378. The van der Waals surface area contributed by atoms with Gasteiger partial charge in [0, 0.05) is 22.0 Å². The monoisotopic (exact) mass is 361 g/mol. The SMILES string of the molecule is CCCC(=O)Oc1cccc(C(=O)c2ccc(Br)cc2)c1N. The molecule has 0 aliphatic heterocycles. The first-order valence-electron chi connectivity index (χ1n) is 6.92. The Balaban J connectivity index is 2.30. The van der Waals surface area contributed by atoms with Crippen molar-refractivity contribution in [3.63, 3.8) is 0 Å². The molecule has 114 valence electrons. The Kier molecular flexibility index (Phi) is 5.33. The van der Waals surface area contributed by atoms with Crippen molar-refractivity contribution in [1.82, 2.24) is 0 Å². The number of nitrogens with two attached hydrogens (primary N) is 1. The molecule has 2 N–H and O–H groups in total. The molecule has 0 saturated carbocycles. The molecule has 0 aliphatic rings. The number of para-hydroxylation sites is 1. The van der Waals surface area contributed by atoms with Crippen LogP contribution in [-0.2, 0) is 4.79 Å². The topological polar surface area (TPSA) is 69.4 Å². The van der Waals surface area contributed by atoms with E-state index in [2.05, 4.69) is 15.9 Å². The van der Waals surface area contributed by atoms with E-state index in [9.17, 15) is 9.59 Å². The van der Waals surface area contributed by atoms with Crippen molar-refractivity contribution < 1.29 is 14.3 Å². The average Bonchev–Trinajstić information content (AvgIpc) is 2.50. The van der Waals surface area contributed by atoms with Crippen molar-refractivity contribution in [2.75, 3.05) is 5.73 Å². The van der Waals surface area contributed by atoms with Gasteiger partial charge in [-0.15, -0.1) is 0 Å². The van der Waals surface area contributed by atoms with Gasteiger partial charge in [0.1, 0.15) is 0 Å². The number of benzene rings is 2. The Hall–Kier alpha value is -2.14. The summed E-state index contributed by atoms with van der Waals surface area (Å²) in [6.07, 6.45) is 1.00. The zero-order valence-electron chi connectivity index (χ0n) is 12.1. The second-order valence-corrected chi connectivity index (χ2v) is 5.69. The van der Waals surface area contributed by atoms with Crippen LogP contribution in [0.3, 0.4) is 0 Å². The third-order valence-electron chi connectivity index (χ3n) is 3.10. The second-order valence-electron chi connectivity index (χ2n) is 4.78. The highest BCUT2D eigenvalue weighted by Crippen LogP contribution is 2.28. The van der Waals surface area contributed by atoms with Crippen LogP contribution in [0, 0.1) is 0 Å². The minimum Gasteiger partial charge on any atom is -0.424 e. The zero-order valence-corrected chi connectivity index (χ0v) is 13.7. The van der Waals surface area contributed by atoms with Crippen LogP contribution in [0.2, 0.25) is 0 Å². The molecule has 0 saturated heterocycles. The Labute approximate surface area is 137 Å². The lowest BCUT2D eigenvalue weighted by Gasteiger charge is -2.10. The van der Waals surface area contributed by atoms with E-state index in [0.29, 0.717) is 24.0 Å². The molecule has 0 heterocycles. The fraction of sp³-hybridized carbons (Fsp3) is 0.176. The standard InChI is InChI=1S/C17H16BrNO3/c1-2-4-15(20)22-14-6-3-5-13(16(14)19)17(21)11-7-9-12(18)10-8-11/h3,5-10H,2,4,19H2,1H3. The smallest absolute Gasteiger partial charge is 0.311 e. The van der Waals surface area contributed by atoms with Gasteiger partial charge in [-0.1, -0.05) is 28.9 Å². The molecule has 0 fully saturated rings. The highest BCUT2D eigenvalue weighted by Gasteiger charge is 2.16. The third-order valence-corrected chi connectivity index (χ3v) is 3.62. The molecule has 0 unspecified atom stereocenters. The van der Waals surface area contributed by atoms with Crippen molar-refractivity contribution >= 4 is 33.4 Å². The maximum Gasteiger partial charge on any atom is 0.311 e. The molecule has 0 bridgehead atoms. The number of hydrogen-bond donors (Lipinski definition) is 1. The number of carbonyl (C=O) groups is 2. The number of halogens is 1. The molecule has 2 aromatic rings. The summed E-state index contributed by atoms with van der Waals surface area (Å²) in [6, 6.07) is 11.8. The van der Waals surface area contributed by atoms with Gasteiger partial charge in [-0.05, 0) is 42.8 Å². The van der Waals surface area contributed by atoms with Gasteiger partial charge in [-0.3, -0.25) is 9.59 Å². The summed E-state index contributed by atoms with van der Waals surface area (Å²) in [5, 5.41) is 0. The maximum atomic E-state index is 12.5. The van der Waals surface area contributed by atoms with E-state index in [1.807, 2.05) is 6.92 Å². The molecule has 22 heavy (non-hydrogen) atoms. The Bertz CT molecular complexity index is 696. The van der Waals surface area contributed by atoms with Crippen molar-refractivity contribution in [1.29, 1.82) is 0 Å². The van der Waals surface area contributed by atoms with Crippen molar-refractivity contribution in [2.45, 2.75) is 19.8 Å². The molecule has 0 spiro atoms. The number of carbonyl (C=O) groups excluding carboxylic acids is 2. The highest BCUT2D eigenvalue weighted by molar-refractivity contribution is 9.10. The molecule has 0 amide bonds. The molecular formula is C17H16BrNO3. The predicted molar refractivity (Wildman–Crippen MR) is 89.0 cm³/mol. The fourth-order valence-corrected chi connectivity index (χ4v) is 2.23. The highest BCUT2D eigenvalue weighted by atomic mass is 79.9. The van der Waals surface area contributed by atoms with E-state index in [-0.39, 0.29) is 23.2 Å². The maximum absolute atomic E-state index is 12.5. The van der Waals surface area contributed by atoms with Crippen LogP contribution >= 0.6 is 15.9 Å². The van der Waals surface area contributed by atoms with E-state index < -0.39 is 0 Å². The van der Waals surface area contributed by atoms with Crippen LogP contribution in [0.1, 0.15) is 35.7 Å². The number of nitrogen functional groups attached to an aromatic ring is 1. The summed E-state index contributed by atoms with van der Waals surface area (Å²) in [5.41, 5.74) is 7.01. The summed E-state index contributed by atoms with van der Waals surface area (Å²) in [6.45, 7) is 1.89. The fourth-order valence-electron chi connectivity index (χ4n) is 1.97. The first-order valence-corrected chi connectivity index (χ1v) is 7.71. The van der Waals surface area contributed by atoms with Crippen molar-refractivity contribution in [3.8, 4) is 5.75 Å². The number of anilines is 1. The van der Waals surface area contributed by atoms with Gasteiger partial charge in [0.25, 0.3) is 0 Å². The third kappa shape index (κ3) is 3.74. The van der Waals surface area contributed by atoms with Crippen LogP contribution < -0.4 is 10.5 Å². The number of rotatable bonds is 5. The summed E-state index contributed by atoms with van der Waals surface area (Å²) >= 11 is 3.33. The molecule has 4 nitrogen and oxygen atoms in total. The van der Waals surface area contributed by atoms with Gasteiger partial charge in [0.05, 0.1) is 5.69 Å². The van der Waals surface area contributed by atoms with Crippen molar-refractivity contribution in [2.24, 2.45) is 0 Å². The largest absolute Gasteiger partial charge is 0.424 e. The summed E-state index contributed by atoms with van der Waals surface area (Å²) in [4.78, 5) is 24.1. The number of hydrogen-bond acceptors (Lipinski definition) is 4. The first kappa shape index (κ1) is 16.2. The van der Waals surface area contributed by atoms with Crippen LogP contribution in [-0.4, -0.2) is 11.8 Å².